The first-order valence-electron chi connectivity index (χ1n) is 5.76. The molecule has 3 rings (SSSR count). The fourth-order valence-electron chi connectivity index (χ4n) is 1.83. The Kier molecular flexibility index (Phi) is 3.10. The second kappa shape index (κ2) is 4.90. The smallest absolute Gasteiger partial charge is 0.268 e. The normalized spacial score (nSPS) is 11.2. The highest BCUT2D eigenvalue weighted by Crippen LogP contribution is 2.13. The minimum Gasteiger partial charge on any atom is -0.314 e. The highest BCUT2D eigenvalue weighted by molar-refractivity contribution is 7.17. The number of aromatic amines is 1. The Balaban J connectivity index is 1.89. The summed E-state index contributed by atoms with van der Waals surface area (Å²) in [7, 11) is 1.85. The van der Waals surface area contributed by atoms with E-state index < -0.39 is 0 Å². The Morgan fingerprint density at radius 2 is 2.42 bits per heavy atom. The Morgan fingerprint density at radius 3 is 3.26 bits per heavy atom. The maximum atomic E-state index is 11.8. The molecule has 0 spiro atoms. The molecule has 0 unspecified atom stereocenters. The summed E-state index contributed by atoms with van der Waals surface area (Å²) in [6.45, 7) is 1.06. The van der Waals surface area contributed by atoms with Crippen LogP contribution in [0.2, 0.25) is 0 Å². The van der Waals surface area contributed by atoms with Crippen molar-refractivity contribution in [1.29, 1.82) is 0 Å². The van der Waals surface area contributed by atoms with Crippen molar-refractivity contribution in [2.24, 2.45) is 0 Å². The van der Waals surface area contributed by atoms with Crippen molar-refractivity contribution in [3.8, 4) is 0 Å². The molecule has 0 amide bonds. The highest BCUT2D eigenvalue weighted by atomic mass is 32.1. The monoisotopic (exact) mass is 276 g/mol. The van der Waals surface area contributed by atoms with Crippen LogP contribution in [0.4, 0.5) is 0 Å². The van der Waals surface area contributed by atoms with Gasteiger partial charge in [-0.1, -0.05) is 5.21 Å². The molecule has 0 aliphatic rings. The summed E-state index contributed by atoms with van der Waals surface area (Å²) in [5, 5.41) is 12.9. The first-order chi connectivity index (χ1) is 9.26. The number of thiophene rings is 1. The number of fused-ring (bicyclic) bond motifs is 1. The zero-order chi connectivity index (χ0) is 13.2. The van der Waals surface area contributed by atoms with Gasteiger partial charge in [0.05, 0.1) is 17.4 Å². The Morgan fingerprint density at radius 1 is 1.53 bits per heavy atom. The van der Waals surface area contributed by atoms with Crippen molar-refractivity contribution in [2.75, 3.05) is 7.05 Å². The van der Waals surface area contributed by atoms with Crippen molar-refractivity contribution < 1.29 is 0 Å². The number of hydrogen-bond acceptors (Lipinski definition) is 6. The molecule has 3 heterocycles. The summed E-state index contributed by atoms with van der Waals surface area (Å²) in [5.74, 6) is 0.580. The number of nitrogens with zero attached hydrogens (tertiary/aromatic N) is 4. The van der Waals surface area contributed by atoms with E-state index in [1.807, 2.05) is 24.7 Å². The number of hydrogen-bond donors (Lipinski definition) is 2. The first-order valence-corrected chi connectivity index (χ1v) is 6.64. The minimum absolute atomic E-state index is 0.106. The van der Waals surface area contributed by atoms with Gasteiger partial charge in [-0.15, -0.1) is 16.4 Å². The van der Waals surface area contributed by atoms with E-state index in [-0.39, 0.29) is 5.56 Å². The predicted molar refractivity (Wildman–Crippen MR) is 72.1 cm³/mol. The van der Waals surface area contributed by atoms with Gasteiger partial charge >= 0.3 is 0 Å². The summed E-state index contributed by atoms with van der Waals surface area (Å²) in [6.07, 6.45) is 1.83. The first kappa shape index (κ1) is 12.0. The van der Waals surface area contributed by atoms with Crippen LogP contribution in [0.15, 0.2) is 22.4 Å². The average molecular weight is 276 g/mol. The zero-order valence-corrected chi connectivity index (χ0v) is 11.1. The minimum atomic E-state index is -0.106. The molecule has 0 atom stereocenters. The molecule has 8 heteroatoms. The molecule has 2 N–H and O–H groups in total. The van der Waals surface area contributed by atoms with Gasteiger partial charge in [0.25, 0.3) is 5.56 Å². The second-order valence-electron chi connectivity index (χ2n) is 4.09. The topological polar surface area (TPSA) is 88.5 Å². The lowest BCUT2D eigenvalue weighted by Gasteiger charge is -2.00. The summed E-state index contributed by atoms with van der Waals surface area (Å²) in [6, 6.07) is 1.84. The Labute approximate surface area is 112 Å². The fourth-order valence-corrected chi connectivity index (χ4v) is 2.55. The van der Waals surface area contributed by atoms with Crippen LogP contribution in [0.1, 0.15) is 11.5 Å². The van der Waals surface area contributed by atoms with Crippen molar-refractivity contribution in [3.63, 3.8) is 0 Å². The summed E-state index contributed by atoms with van der Waals surface area (Å²) >= 11 is 1.39. The van der Waals surface area contributed by atoms with E-state index in [4.69, 9.17) is 0 Å². The lowest BCUT2D eigenvalue weighted by Crippen LogP contribution is -2.13. The van der Waals surface area contributed by atoms with Crippen LogP contribution in [-0.2, 0) is 13.1 Å². The van der Waals surface area contributed by atoms with E-state index in [1.54, 1.807) is 4.68 Å². The lowest BCUT2D eigenvalue weighted by atomic mass is 10.4. The third-order valence-electron chi connectivity index (χ3n) is 2.62. The van der Waals surface area contributed by atoms with Gasteiger partial charge in [0, 0.05) is 6.54 Å². The number of H-pyrrole nitrogens is 1. The van der Waals surface area contributed by atoms with Crippen LogP contribution in [0.25, 0.3) is 10.2 Å². The molecule has 3 aromatic heterocycles. The Bertz CT molecular complexity index is 758. The van der Waals surface area contributed by atoms with Gasteiger partial charge in [0.1, 0.15) is 17.1 Å². The molecule has 0 radical (unpaired) electrons. The Hall–Kier alpha value is -2.06. The molecule has 0 aliphatic carbocycles. The third-order valence-corrected chi connectivity index (χ3v) is 3.52. The maximum absolute atomic E-state index is 11.8. The molecule has 0 aliphatic heterocycles. The predicted octanol–water partition coefficient (Wildman–Crippen LogP) is 0.344. The summed E-state index contributed by atoms with van der Waals surface area (Å²) in [4.78, 5) is 19.0. The van der Waals surface area contributed by atoms with E-state index in [2.05, 4.69) is 25.6 Å². The average Bonchev–Trinajstić information content (AvgIpc) is 2.99. The van der Waals surface area contributed by atoms with Crippen LogP contribution in [0, 0.1) is 0 Å². The molecule has 98 valence electrons. The van der Waals surface area contributed by atoms with E-state index >= 15 is 0 Å². The van der Waals surface area contributed by atoms with Gasteiger partial charge in [0.15, 0.2) is 0 Å². The SMILES string of the molecule is CNCc1cn(Cc2nc3ccsc3c(=O)[nH]2)nn1. The van der Waals surface area contributed by atoms with Crippen molar-refractivity contribution >= 4 is 21.6 Å². The van der Waals surface area contributed by atoms with Crippen LogP contribution in [0.3, 0.4) is 0 Å². The molecule has 0 saturated heterocycles. The second-order valence-corrected chi connectivity index (χ2v) is 5.00. The summed E-state index contributed by atoms with van der Waals surface area (Å²) in [5.41, 5.74) is 1.46. The van der Waals surface area contributed by atoms with Crippen molar-refractivity contribution in [3.05, 3.63) is 39.5 Å². The molecule has 0 aromatic carbocycles. The number of rotatable bonds is 4. The van der Waals surface area contributed by atoms with Crippen LogP contribution in [-0.4, -0.2) is 32.0 Å². The van der Waals surface area contributed by atoms with E-state index in [0.29, 0.717) is 23.6 Å². The highest BCUT2D eigenvalue weighted by Gasteiger charge is 2.06. The van der Waals surface area contributed by atoms with Crippen LogP contribution in [0.5, 0.6) is 0 Å². The molecule has 7 nitrogen and oxygen atoms in total. The summed E-state index contributed by atoms with van der Waals surface area (Å²) < 4.78 is 2.31. The molecule has 0 saturated carbocycles. The molecule has 19 heavy (non-hydrogen) atoms. The van der Waals surface area contributed by atoms with E-state index in [0.717, 1.165) is 11.2 Å². The van der Waals surface area contributed by atoms with E-state index in [9.17, 15) is 4.79 Å². The van der Waals surface area contributed by atoms with Gasteiger partial charge < -0.3 is 10.3 Å². The fraction of sp³-hybridized carbons (Fsp3) is 0.273. The van der Waals surface area contributed by atoms with Gasteiger partial charge in [-0.3, -0.25) is 4.79 Å². The van der Waals surface area contributed by atoms with Gasteiger partial charge in [0.2, 0.25) is 0 Å². The molecular formula is C11H12N6OS. The molecule has 0 fully saturated rings. The quantitative estimate of drug-likeness (QED) is 0.717. The third kappa shape index (κ3) is 2.40. The number of nitrogens with one attached hydrogen (secondary N) is 2. The standard InChI is InChI=1S/C11H12N6OS/c1-12-4-7-5-17(16-15-7)6-9-13-8-2-3-19-10(8)11(18)14-9/h2-3,5,12H,4,6H2,1H3,(H,13,14,18). The van der Waals surface area contributed by atoms with Gasteiger partial charge in [-0.25, -0.2) is 9.67 Å². The molecule has 3 aromatic rings. The largest absolute Gasteiger partial charge is 0.314 e. The maximum Gasteiger partial charge on any atom is 0.268 e. The molecular weight excluding hydrogens is 264 g/mol. The lowest BCUT2D eigenvalue weighted by molar-refractivity contribution is 0.625. The van der Waals surface area contributed by atoms with Crippen molar-refractivity contribution in [1.82, 2.24) is 30.3 Å². The van der Waals surface area contributed by atoms with Gasteiger partial charge in [-0.2, -0.15) is 0 Å². The van der Waals surface area contributed by atoms with Gasteiger partial charge in [-0.05, 0) is 18.5 Å². The van der Waals surface area contributed by atoms with Crippen LogP contribution >= 0.6 is 11.3 Å². The zero-order valence-electron chi connectivity index (χ0n) is 10.3. The van der Waals surface area contributed by atoms with E-state index in [1.165, 1.54) is 11.3 Å². The van der Waals surface area contributed by atoms with Crippen molar-refractivity contribution in [2.45, 2.75) is 13.1 Å². The van der Waals surface area contributed by atoms with Crippen LogP contribution < -0.4 is 10.9 Å². The molecule has 0 bridgehead atoms. The number of aromatic nitrogens is 5.